The van der Waals surface area contributed by atoms with Crippen molar-refractivity contribution >= 4 is 7.48 Å². The molecule has 0 aromatic heterocycles. The van der Waals surface area contributed by atoms with Crippen LogP contribution >= 0.6 is 0 Å². The minimum atomic E-state index is 0.667. The van der Waals surface area contributed by atoms with E-state index in [1.807, 2.05) is 7.48 Å². The van der Waals surface area contributed by atoms with Gasteiger partial charge in [-0.25, -0.2) is 0 Å². The van der Waals surface area contributed by atoms with E-state index in [2.05, 4.69) is 13.8 Å². The Morgan fingerprint density at radius 2 is 2.29 bits per heavy atom. The van der Waals surface area contributed by atoms with Crippen LogP contribution in [0.3, 0.4) is 0 Å². The van der Waals surface area contributed by atoms with Crippen molar-refractivity contribution in [1.29, 1.82) is 0 Å². The molecule has 1 nitrogen and oxygen atoms in total. The third-order valence-corrected chi connectivity index (χ3v) is 1.57. The fourth-order valence-electron chi connectivity index (χ4n) is 0.645. The molecular weight excluding hydrogens is 86.9 g/mol. The lowest BCUT2D eigenvalue weighted by molar-refractivity contribution is 0.327. The summed E-state index contributed by atoms with van der Waals surface area (Å²) in [6.45, 7) is 5.30. The molecule has 1 aliphatic rings. The molecule has 0 spiro atoms. The van der Waals surface area contributed by atoms with Crippen LogP contribution < -0.4 is 0 Å². The molecule has 0 saturated carbocycles. The summed E-state index contributed by atoms with van der Waals surface area (Å²) in [6.07, 6.45) is 0. The smallest absolute Gasteiger partial charge is 0.295 e. The first-order valence-corrected chi connectivity index (χ1v) is 2.75. The summed E-state index contributed by atoms with van der Waals surface area (Å²) in [5, 5.41) is 0. The average Bonchev–Trinajstić information content (AvgIpc) is 1.91. The van der Waals surface area contributed by atoms with E-state index in [1.54, 1.807) is 0 Å². The van der Waals surface area contributed by atoms with E-state index in [0.29, 0.717) is 5.82 Å². The third kappa shape index (κ3) is 0.971. The Labute approximate surface area is 45.3 Å². The Morgan fingerprint density at radius 1 is 1.57 bits per heavy atom. The Kier molecular flexibility index (Phi) is 1.38. The summed E-state index contributed by atoms with van der Waals surface area (Å²) < 4.78 is 5.04. The molecular formula is C5H10BO. The van der Waals surface area contributed by atoms with Gasteiger partial charge in [0.25, 0.3) is 7.48 Å². The molecule has 2 heteroatoms. The molecule has 0 aliphatic carbocycles. The second-order valence-electron chi connectivity index (χ2n) is 2.31. The predicted octanol–water partition coefficient (Wildman–Crippen LogP) is 1.08. The molecule has 0 bridgehead atoms. The average molecular weight is 96.9 g/mol. The summed E-state index contributed by atoms with van der Waals surface area (Å²) in [5.74, 6) is 1.40. The lowest BCUT2D eigenvalue weighted by atomic mass is 9.77. The zero-order valence-electron chi connectivity index (χ0n) is 4.85. The number of rotatable bonds is 0. The van der Waals surface area contributed by atoms with Crippen molar-refractivity contribution in [3.63, 3.8) is 0 Å². The van der Waals surface area contributed by atoms with Gasteiger partial charge in [-0.2, -0.15) is 0 Å². The van der Waals surface area contributed by atoms with Gasteiger partial charge in [-0.05, 0) is 11.7 Å². The minimum Gasteiger partial charge on any atom is -0.440 e. The molecule has 0 aromatic rings. The highest BCUT2D eigenvalue weighted by atomic mass is 16.4. The molecule has 1 rings (SSSR count). The topological polar surface area (TPSA) is 9.23 Å². The van der Waals surface area contributed by atoms with Crippen LogP contribution in [0.25, 0.3) is 0 Å². The van der Waals surface area contributed by atoms with Gasteiger partial charge >= 0.3 is 0 Å². The van der Waals surface area contributed by atoms with E-state index in [0.717, 1.165) is 12.5 Å². The van der Waals surface area contributed by atoms with E-state index in [1.165, 1.54) is 0 Å². The Balaban J connectivity index is 2.33. The highest BCUT2D eigenvalue weighted by Crippen LogP contribution is 2.21. The maximum absolute atomic E-state index is 5.04. The molecule has 1 heterocycles. The van der Waals surface area contributed by atoms with E-state index >= 15 is 0 Å². The normalized spacial score (nSPS) is 40.9. The lowest BCUT2D eigenvalue weighted by Crippen LogP contribution is -1.97. The predicted molar refractivity (Wildman–Crippen MR) is 30.3 cm³/mol. The van der Waals surface area contributed by atoms with Crippen LogP contribution in [0.15, 0.2) is 0 Å². The van der Waals surface area contributed by atoms with Gasteiger partial charge in [0, 0.05) is 6.61 Å². The van der Waals surface area contributed by atoms with Crippen LogP contribution in [-0.2, 0) is 4.65 Å². The van der Waals surface area contributed by atoms with Gasteiger partial charge in [-0.15, -0.1) is 0 Å². The molecule has 1 saturated heterocycles. The quantitative estimate of drug-likeness (QED) is 0.411. The fraction of sp³-hybridized carbons (Fsp3) is 1.00. The van der Waals surface area contributed by atoms with Crippen LogP contribution in [0.4, 0.5) is 0 Å². The Morgan fingerprint density at radius 3 is 2.43 bits per heavy atom. The molecule has 1 aliphatic heterocycles. The van der Waals surface area contributed by atoms with E-state index in [-0.39, 0.29) is 0 Å². The molecule has 0 aromatic carbocycles. The van der Waals surface area contributed by atoms with Crippen molar-refractivity contribution in [2.45, 2.75) is 19.7 Å². The first-order chi connectivity index (χ1) is 3.30. The van der Waals surface area contributed by atoms with Crippen molar-refractivity contribution in [2.75, 3.05) is 6.61 Å². The van der Waals surface area contributed by atoms with Gasteiger partial charge in [0.15, 0.2) is 0 Å². The van der Waals surface area contributed by atoms with Gasteiger partial charge in [0.05, 0.1) is 0 Å². The van der Waals surface area contributed by atoms with Gasteiger partial charge in [-0.1, -0.05) is 13.8 Å². The zero-order valence-corrected chi connectivity index (χ0v) is 4.85. The highest BCUT2D eigenvalue weighted by Gasteiger charge is 2.20. The molecule has 7 heavy (non-hydrogen) atoms. The second-order valence-corrected chi connectivity index (χ2v) is 2.31. The van der Waals surface area contributed by atoms with Gasteiger partial charge in [0.1, 0.15) is 0 Å². The van der Waals surface area contributed by atoms with Crippen LogP contribution in [-0.4, -0.2) is 14.1 Å². The first kappa shape index (κ1) is 5.17. The minimum absolute atomic E-state index is 0.667. The number of hydrogen-bond acceptors (Lipinski definition) is 1. The van der Waals surface area contributed by atoms with Crippen molar-refractivity contribution in [3.05, 3.63) is 0 Å². The molecule has 2 unspecified atom stereocenters. The molecule has 2 atom stereocenters. The first-order valence-electron chi connectivity index (χ1n) is 2.75. The van der Waals surface area contributed by atoms with Crippen LogP contribution in [0.5, 0.6) is 0 Å². The summed E-state index contributed by atoms with van der Waals surface area (Å²) in [7, 11) is 1.92. The van der Waals surface area contributed by atoms with E-state index < -0.39 is 0 Å². The molecule has 0 N–H and O–H groups in total. The molecule has 39 valence electrons. The van der Waals surface area contributed by atoms with Crippen molar-refractivity contribution < 1.29 is 4.65 Å². The van der Waals surface area contributed by atoms with Gasteiger partial charge in [0.2, 0.25) is 0 Å². The van der Waals surface area contributed by atoms with E-state index in [9.17, 15) is 0 Å². The second kappa shape index (κ2) is 1.87. The maximum Gasteiger partial charge on any atom is 0.295 e. The van der Waals surface area contributed by atoms with Crippen LogP contribution in [0.1, 0.15) is 13.8 Å². The van der Waals surface area contributed by atoms with Crippen LogP contribution in [0.2, 0.25) is 5.82 Å². The lowest BCUT2D eigenvalue weighted by Gasteiger charge is -2.01. The van der Waals surface area contributed by atoms with Crippen molar-refractivity contribution in [3.8, 4) is 0 Å². The fourth-order valence-corrected chi connectivity index (χ4v) is 0.645. The summed E-state index contributed by atoms with van der Waals surface area (Å²) in [5.41, 5.74) is 0. The zero-order chi connectivity index (χ0) is 5.28. The SMILES string of the molecule is CC1[B]OCC1C. The maximum atomic E-state index is 5.04. The van der Waals surface area contributed by atoms with Crippen LogP contribution in [0, 0.1) is 5.92 Å². The summed E-state index contributed by atoms with van der Waals surface area (Å²) >= 11 is 0. The number of hydrogen-bond donors (Lipinski definition) is 0. The largest absolute Gasteiger partial charge is 0.440 e. The van der Waals surface area contributed by atoms with Crippen molar-refractivity contribution in [1.82, 2.24) is 0 Å². The standard InChI is InChI=1S/C5H10BO/c1-4-3-7-6-5(4)2/h4-5H,3H2,1-2H3. The highest BCUT2D eigenvalue weighted by molar-refractivity contribution is 6.30. The molecule has 0 amide bonds. The van der Waals surface area contributed by atoms with Gasteiger partial charge < -0.3 is 4.65 Å². The van der Waals surface area contributed by atoms with Crippen molar-refractivity contribution in [2.24, 2.45) is 5.92 Å². The summed E-state index contributed by atoms with van der Waals surface area (Å²) in [6, 6.07) is 0. The Hall–Kier alpha value is 0.0249. The van der Waals surface area contributed by atoms with Gasteiger partial charge in [-0.3, -0.25) is 0 Å². The molecule has 1 radical (unpaired) electrons. The Bertz CT molecular complexity index is 57.1. The third-order valence-electron chi connectivity index (χ3n) is 1.57. The van der Waals surface area contributed by atoms with E-state index in [4.69, 9.17) is 4.65 Å². The summed E-state index contributed by atoms with van der Waals surface area (Å²) in [4.78, 5) is 0. The molecule has 1 fully saturated rings. The monoisotopic (exact) mass is 97.1 g/mol.